The summed E-state index contributed by atoms with van der Waals surface area (Å²) in [7, 11) is 0. The topological polar surface area (TPSA) is 81.7 Å². The molecule has 0 spiro atoms. The molecule has 0 bridgehead atoms. The van der Waals surface area contributed by atoms with Gasteiger partial charge in [0.1, 0.15) is 18.8 Å². The van der Waals surface area contributed by atoms with Crippen LogP contribution in [0.15, 0.2) is 12.2 Å². The summed E-state index contributed by atoms with van der Waals surface area (Å²) >= 11 is 0. The number of carbonyl (C=O) groups is 3. The van der Waals surface area contributed by atoms with Gasteiger partial charge in [-0.15, -0.1) is 0 Å². The van der Waals surface area contributed by atoms with E-state index in [4.69, 9.17) is 9.47 Å². The maximum atomic E-state index is 11.5. The SMILES string of the molecule is CCCCCCCCCCCCC/C=C\[C@H](OC(C)=O)[C@@H](COC(C)=O)NC(C)=O. The zero-order chi connectivity index (χ0) is 22.6. The molecule has 174 valence electrons. The first-order valence-corrected chi connectivity index (χ1v) is 11.6. The highest BCUT2D eigenvalue weighted by Gasteiger charge is 2.24. The summed E-state index contributed by atoms with van der Waals surface area (Å²) in [6, 6.07) is -0.608. The van der Waals surface area contributed by atoms with Crippen LogP contribution in [0.4, 0.5) is 0 Å². The van der Waals surface area contributed by atoms with Gasteiger partial charge in [-0.25, -0.2) is 0 Å². The van der Waals surface area contributed by atoms with E-state index in [-0.39, 0.29) is 12.5 Å². The molecule has 0 fully saturated rings. The molecular formula is C24H43NO5. The van der Waals surface area contributed by atoms with Crippen molar-refractivity contribution < 1.29 is 23.9 Å². The van der Waals surface area contributed by atoms with Crippen LogP contribution in [0.2, 0.25) is 0 Å². The largest absolute Gasteiger partial charge is 0.464 e. The first-order chi connectivity index (χ1) is 14.4. The summed E-state index contributed by atoms with van der Waals surface area (Å²) in [5.74, 6) is -1.17. The van der Waals surface area contributed by atoms with Gasteiger partial charge in [0.15, 0.2) is 0 Å². The summed E-state index contributed by atoms with van der Waals surface area (Å²) in [5.41, 5.74) is 0. The van der Waals surface area contributed by atoms with Gasteiger partial charge in [0, 0.05) is 20.8 Å². The second-order valence-corrected chi connectivity index (χ2v) is 7.94. The van der Waals surface area contributed by atoms with Crippen molar-refractivity contribution in [2.75, 3.05) is 6.61 Å². The van der Waals surface area contributed by atoms with Gasteiger partial charge in [-0.2, -0.15) is 0 Å². The van der Waals surface area contributed by atoms with Gasteiger partial charge in [0.05, 0.1) is 0 Å². The molecule has 0 aliphatic carbocycles. The third-order valence-corrected chi connectivity index (χ3v) is 4.85. The van der Waals surface area contributed by atoms with Gasteiger partial charge < -0.3 is 14.8 Å². The molecular weight excluding hydrogens is 382 g/mol. The molecule has 1 N–H and O–H groups in total. The normalized spacial score (nSPS) is 13.1. The predicted molar refractivity (Wildman–Crippen MR) is 120 cm³/mol. The fourth-order valence-corrected chi connectivity index (χ4v) is 3.29. The number of esters is 2. The highest BCUT2D eigenvalue weighted by atomic mass is 16.6. The van der Waals surface area contributed by atoms with E-state index in [2.05, 4.69) is 12.2 Å². The summed E-state index contributed by atoms with van der Waals surface area (Å²) in [5, 5.41) is 2.69. The molecule has 0 saturated heterocycles. The number of carbonyl (C=O) groups excluding carboxylic acids is 3. The molecule has 0 unspecified atom stereocenters. The zero-order valence-corrected chi connectivity index (χ0v) is 19.5. The second kappa shape index (κ2) is 19.1. The monoisotopic (exact) mass is 425 g/mol. The van der Waals surface area contributed by atoms with Crippen molar-refractivity contribution in [3.05, 3.63) is 12.2 Å². The Balaban J connectivity index is 4.19. The molecule has 6 heteroatoms. The fourth-order valence-electron chi connectivity index (χ4n) is 3.29. The van der Waals surface area contributed by atoms with Gasteiger partial charge >= 0.3 is 11.9 Å². The van der Waals surface area contributed by atoms with Crippen molar-refractivity contribution in [3.8, 4) is 0 Å². The maximum Gasteiger partial charge on any atom is 0.303 e. The second-order valence-electron chi connectivity index (χ2n) is 7.94. The van der Waals surface area contributed by atoms with E-state index in [0.717, 1.165) is 12.8 Å². The number of unbranched alkanes of at least 4 members (excludes halogenated alkanes) is 11. The Morgan fingerprint density at radius 2 is 1.33 bits per heavy atom. The molecule has 0 aliphatic rings. The number of hydrogen-bond donors (Lipinski definition) is 1. The molecule has 1 amide bonds. The molecule has 2 atom stereocenters. The summed E-state index contributed by atoms with van der Waals surface area (Å²) < 4.78 is 10.3. The van der Waals surface area contributed by atoms with E-state index in [1.165, 1.54) is 85.0 Å². The standard InChI is InChI=1S/C24H43NO5/c1-5-6-7-8-9-10-11-12-13-14-15-16-17-18-24(30-22(4)28)23(25-20(2)26)19-29-21(3)27/h17-18,23-24H,5-16,19H2,1-4H3,(H,25,26)/b18-17-/t23-,24+/m1/s1. The number of allylic oxidation sites excluding steroid dienone is 1. The number of amides is 1. The minimum absolute atomic E-state index is 0.0460. The van der Waals surface area contributed by atoms with Crippen LogP contribution in [0.3, 0.4) is 0 Å². The Hall–Kier alpha value is -1.85. The lowest BCUT2D eigenvalue weighted by atomic mass is 10.0. The Kier molecular flexibility index (Phi) is 18.0. The van der Waals surface area contributed by atoms with Crippen LogP contribution < -0.4 is 5.32 Å². The Morgan fingerprint density at radius 3 is 1.80 bits per heavy atom. The van der Waals surface area contributed by atoms with E-state index in [9.17, 15) is 14.4 Å². The van der Waals surface area contributed by atoms with Crippen LogP contribution in [-0.4, -0.2) is 36.6 Å². The Morgan fingerprint density at radius 1 is 0.800 bits per heavy atom. The van der Waals surface area contributed by atoms with Gasteiger partial charge in [0.2, 0.25) is 5.91 Å². The Labute approximate surface area is 183 Å². The number of nitrogens with one attached hydrogen (secondary N) is 1. The zero-order valence-electron chi connectivity index (χ0n) is 19.5. The average Bonchev–Trinajstić information content (AvgIpc) is 2.67. The van der Waals surface area contributed by atoms with Crippen molar-refractivity contribution >= 4 is 17.8 Å². The minimum Gasteiger partial charge on any atom is -0.464 e. The van der Waals surface area contributed by atoms with E-state index in [1.54, 1.807) is 6.08 Å². The van der Waals surface area contributed by atoms with Crippen molar-refractivity contribution in [2.24, 2.45) is 0 Å². The van der Waals surface area contributed by atoms with Crippen molar-refractivity contribution in [3.63, 3.8) is 0 Å². The third-order valence-electron chi connectivity index (χ3n) is 4.85. The van der Waals surface area contributed by atoms with E-state index in [1.807, 2.05) is 6.08 Å². The van der Waals surface area contributed by atoms with Crippen LogP contribution in [-0.2, 0) is 23.9 Å². The number of ether oxygens (including phenoxy) is 2. The highest BCUT2D eigenvalue weighted by Crippen LogP contribution is 2.12. The van der Waals surface area contributed by atoms with Crippen LogP contribution in [0.5, 0.6) is 0 Å². The molecule has 0 heterocycles. The third kappa shape index (κ3) is 18.2. The lowest BCUT2D eigenvalue weighted by Gasteiger charge is -2.24. The molecule has 0 radical (unpaired) electrons. The van der Waals surface area contributed by atoms with Crippen LogP contribution >= 0.6 is 0 Å². The minimum atomic E-state index is -0.668. The van der Waals surface area contributed by atoms with Crippen LogP contribution in [0.25, 0.3) is 0 Å². The van der Waals surface area contributed by atoms with Gasteiger partial charge in [-0.3, -0.25) is 14.4 Å². The molecule has 0 aliphatic heterocycles. The highest BCUT2D eigenvalue weighted by molar-refractivity contribution is 5.73. The number of rotatable bonds is 18. The molecule has 6 nitrogen and oxygen atoms in total. The molecule has 0 saturated carbocycles. The average molecular weight is 426 g/mol. The molecule has 0 aromatic carbocycles. The summed E-state index contributed by atoms with van der Waals surface area (Å²) in [4.78, 5) is 34.0. The van der Waals surface area contributed by atoms with Gasteiger partial charge in [-0.05, 0) is 18.9 Å². The summed E-state index contributed by atoms with van der Waals surface area (Å²) in [6.45, 7) is 6.20. The maximum absolute atomic E-state index is 11.5. The molecule has 0 aromatic rings. The Bertz CT molecular complexity index is 504. The van der Waals surface area contributed by atoms with E-state index < -0.39 is 24.1 Å². The first-order valence-electron chi connectivity index (χ1n) is 11.6. The van der Waals surface area contributed by atoms with Gasteiger partial charge in [0.25, 0.3) is 0 Å². The lowest BCUT2D eigenvalue weighted by molar-refractivity contribution is -0.149. The van der Waals surface area contributed by atoms with Gasteiger partial charge in [-0.1, -0.05) is 77.2 Å². The van der Waals surface area contributed by atoms with Crippen molar-refractivity contribution in [1.82, 2.24) is 5.32 Å². The van der Waals surface area contributed by atoms with E-state index in [0.29, 0.717) is 0 Å². The summed E-state index contributed by atoms with van der Waals surface area (Å²) in [6.07, 6.45) is 18.2. The first kappa shape index (κ1) is 28.1. The number of hydrogen-bond acceptors (Lipinski definition) is 5. The molecule has 0 aromatic heterocycles. The lowest BCUT2D eigenvalue weighted by Crippen LogP contribution is -2.46. The van der Waals surface area contributed by atoms with Crippen molar-refractivity contribution in [2.45, 2.75) is 117 Å². The smallest absolute Gasteiger partial charge is 0.303 e. The van der Waals surface area contributed by atoms with Crippen LogP contribution in [0.1, 0.15) is 105 Å². The predicted octanol–water partition coefficient (Wildman–Crippen LogP) is 5.24. The molecule has 30 heavy (non-hydrogen) atoms. The molecule has 0 rings (SSSR count). The quantitative estimate of drug-likeness (QED) is 0.184. The van der Waals surface area contributed by atoms with Crippen LogP contribution in [0, 0.1) is 0 Å². The van der Waals surface area contributed by atoms with Crippen molar-refractivity contribution in [1.29, 1.82) is 0 Å². The van der Waals surface area contributed by atoms with E-state index >= 15 is 0 Å². The fraction of sp³-hybridized carbons (Fsp3) is 0.792.